The number of piperidine rings is 1. The number of hydrogen-bond donors (Lipinski definition) is 1. The molecule has 2 aromatic rings. The van der Waals surface area contributed by atoms with E-state index in [2.05, 4.69) is 25.6 Å². The van der Waals surface area contributed by atoms with E-state index in [0.29, 0.717) is 13.0 Å². The van der Waals surface area contributed by atoms with Crippen LogP contribution in [-0.2, 0) is 11.2 Å². The zero-order valence-electron chi connectivity index (χ0n) is 14.4. The molecule has 1 amide bonds. The first-order valence-electron chi connectivity index (χ1n) is 9.13. The van der Waals surface area contributed by atoms with Crippen LogP contribution in [0.2, 0.25) is 0 Å². The maximum absolute atomic E-state index is 12.1. The molecule has 1 saturated carbocycles. The van der Waals surface area contributed by atoms with E-state index in [0.717, 1.165) is 41.2 Å². The van der Waals surface area contributed by atoms with Crippen molar-refractivity contribution in [3.05, 3.63) is 35.6 Å². The molecule has 3 heterocycles. The smallest absolute Gasteiger partial charge is 0.221 e. The van der Waals surface area contributed by atoms with Gasteiger partial charge < -0.3 is 5.32 Å². The molecule has 2 bridgehead atoms. The summed E-state index contributed by atoms with van der Waals surface area (Å²) in [4.78, 5) is 23.2. The van der Waals surface area contributed by atoms with Crippen molar-refractivity contribution in [3.63, 3.8) is 0 Å². The molecule has 2 fully saturated rings. The molecule has 25 heavy (non-hydrogen) atoms. The molecule has 1 aliphatic heterocycles. The van der Waals surface area contributed by atoms with Crippen LogP contribution in [-0.4, -0.2) is 46.5 Å². The second-order valence-electron chi connectivity index (χ2n) is 7.06. The highest BCUT2D eigenvalue weighted by molar-refractivity contribution is 7.13. The standard InChI is InChI=1S/C19H24N4OS/c24-18(6-10-23-12-14-1-2-17(23)11-14)21-9-5-16-13-25-19(22-16)15-3-7-20-8-4-15/h3-4,7-8,13-14,17H,1-2,5-6,9-12H2,(H,21,24)/t14-,17+/m1/s1. The number of nitrogens with one attached hydrogen (secondary N) is 1. The van der Waals surface area contributed by atoms with Crippen molar-refractivity contribution in [2.24, 2.45) is 5.92 Å². The fourth-order valence-electron chi connectivity index (χ4n) is 4.01. The van der Waals surface area contributed by atoms with Gasteiger partial charge >= 0.3 is 0 Å². The quantitative estimate of drug-likeness (QED) is 0.829. The number of aromatic nitrogens is 2. The van der Waals surface area contributed by atoms with Crippen molar-refractivity contribution in [2.45, 2.75) is 38.1 Å². The number of fused-ring (bicyclic) bond motifs is 2. The van der Waals surface area contributed by atoms with Crippen LogP contribution in [0.5, 0.6) is 0 Å². The minimum absolute atomic E-state index is 0.160. The van der Waals surface area contributed by atoms with Gasteiger partial charge in [0.1, 0.15) is 5.01 Å². The van der Waals surface area contributed by atoms with E-state index in [-0.39, 0.29) is 5.91 Å². The Balaban J connectivity index is 1.18. The average Bonchev–Trinajstić information content (AvgIpc) is 3.37. The minimum Gasteiger partial charge on any atom is -0.356 e. The lowest BCUT2D eigenvalue weighted by Gasteiger charge is -2.26. The van der Waals surface area contributed by atoms with Gasteiger partial charge in [-0.05, 0) is 37.3 Å². The summed E-state index contributed by atoms with van der Waals surface area (Å²) in [6.45, 7) is 2.77. The Bertz CT molecular complexity index is 717. The second-order valence-corrected chi connectivity index (χ2v) is 7.92. The Morgan fingerprint density at radius 3 is 2.96 bits per heavy atom. The third-order valence-electron chi connectivity index (χ3n) is 5.33. The predicted octanol–water partition coefficient (Wildman–Crippen LogP) is 2.74. The summed E-state index contributed by atoms with van der Waals surface area (Å²) in [5, 5.41) is 6.12. The van der Waals surface area contributed by atoms with Gasteiger partial charge in [-0.2, -0.15) is 0 Å². The molecule has 2 aromatic heterocycles. The third kappa shape index (κ3) is 4.07. The summed E-state index contributed by atoms with van der Waals surface area (Å²) in [6.07, 6.45) is 9.03. The zero-order chi connectivity index (χ0) is 17.1. The van der Waals surface area contributed by atoms with Crippen molar-refractivity contribution < 1.29 is 4.79 Å². The highest BCUT2D eigenvalue weighted by Crippen LogP contribution is 2.37. The molecule has 6 heteroatoms. The van der Waals surface area contributed by atoms with Crippen LogP contribution in [0.25, 0.3) is 10.6 Å². The molecular weight excluding hydrogens is 332 g/mol. The first-order chi connectivity index (χ1) is 12.3. The van der Waals surface area contributed by atoms with Gasteiger partial charge in [0.15, 0.2) is 0 Å². The Morgan fingerprint density at radius 1 is 1.32 bits per heavy atom. The first kappa shape index (κ1) is 16.7. The van der Waals surface area contributed by atoms with Crippen LogP contribution in [0.1, 0.15) is 31.4 Å². The van der Waals surface area contributed by atoms with Crippen molar-refractivity contribution in [2.75, 3.05) is 19.6 Å². The highest BCUT2D eigenvalue weighted by atomic mass is 32.1. The first-order valence-corrected chi connectivity index (χ1v) is 10.0. The fourth-order valence-corrected chi connectivity index (χ4v) is 4.87. The number of nitrogens with zero attached hydrogens (tertiary/aromatic N) is 3. The summed E-state index contributed by atoms with van der Waals surface area (Å²) >= 11 is 1.64. The molecule has 1 saturated heterocycles. The van der Waals surface area contributed by atoms with Crippen molar-refractivity contribution in [1.82, 2.24) is 20.2 Å². The van der Waals surface area contributed by atoms with Gasteiger partial charge in [-0.1, -0.05) is 0 Å². The average molecular weight is 356 g/mol. The molecule has 1 N–H and O–H groups in total. The largest absolute Gasteiger partial charge is 0.356 e. The molecule has 4 rings (SSSR count). The Kier molecular flexibility index (Phi) is 5.08. The number of carbonyl (C=O) groups excluding carboxylic acids is 1. The molecule has 5 nitrogen and oxygen atoms in total. The van der Waals surface area contributed by atoms with E-state index < -0.39 is 0 Å². The number of hydrogen-bond acceptors (Lipinski definition) is 5. The third-order valence-corrected chi connectivity index (χ3v) is 6.27. The highest BCUT2D eigenvalue weighted by Gasteiger charge is 2.37. The van der Waals surface area contributed by atoms with E-state index in [9.17, 15) is 4.79 Å². The van der Waals surface area contributed by atoms with Crippen LogP contribution in [0.4, 0.5) is 0 Å². The van der Waals surface area contributed by atoms with Crippen molar-refractivity contribution >= 4 is 17.2 Å². The number of likely N-dealkylation sites (tertiary alicyclic amines) is 1. The number of rotatable bonds is 7. The van der Waals surface area contributed by atoms with Gasteiger partial charge in [0.25, 0.3) is 0 Å². The van der Waals surface area contributed by atoms with Crippen LogP contribution in [0.15, 0.2) is 29.9 Å². The normalized spacial score (nSPS) is 22.4. The van der Waals surface area contributed by atoms with E-state index in [4.69, 9.17) is 0 Å². The van der Waals surface area contributed by atoms with Gasteiger partial charge in [-0.3, -0.25) is 14.7 Å². The van der Waals surface area contributed by atoms with E-state index in [1.165, 1.54) is 25.8 Å². The van der Waals surface area contributed by atoms with Crippen molar-refractivity contribution in [1.29, 1.82) is 0 Å². The molecule has 2 aliphatic rings. The number of thiazole rings is 1. The summed E-state index contributed by atoms with van der Waals surface area (Å²) in [6, 6.07) is 4.68. The second kappa shape index (κ2) is 7.62. The van der Waals surface area contributed by atoms with Crippen LogP contribution < -0.4 is 5.32 Å². The molecule has 132 valence electrons. The molecule has 0 unspecified atom stereocenters. The van der Waals surface area contributed by atoms with Crippen LogP contribution in [0.3, 0.4) is 0 Å². The maximum Gasteiger partial charge on any atom is 0.221 e. The Hall–Kier alpha value is -1.79. The van der Waals surface area contributed by atoms with Gasteiger partial charge in [-0.25, -0.2) is 4.98 Å². The van der Waals surface area contributed by atoms with Gasteiger partial charge in [0, 0.05) is 61.9 Å². The van der Waals surface area contributed by atoms with Gasteiger partial charge in [0.05, 0.1) is 5.69 Å². The summed E-state index contributed by atoms with van der Waals surface area (Å²) in [7, 11) is 0. The maximum atomic E-state index is 12.1. The number of amides is 1. The molecule has 0 aromatic carbocycles. The lowest BCUT2D eigenvalue weighted by Crippen LogP contribution is -2.36. The van der Waals surface area contributed by atoms with Crippen LogP contribution in [0, 0.1) is 5.92 Å². The van der Waals surface area contributed by atoms with Gasteiger partial charge in [-0.15, -0.1) is 11.3 Å². The van der Waals surface area contributed by atoms with Crippen molar-refractivity contribution in [3.8, 4) is 10.6 Å². The molecular formula is C19H24N4OS. The monoisotopic (exact) mass is 356 g/mol. The Morgan fingerprint density at radius 2 is 2.20 bits per heavy atom. The number of pyridine rings is 1. The van der Waals surface area contributed by atoms with E-state index >= 15 is 0 Å². The topological polar surface area (TPSA) is 58.1 Å². The molecule has 0 spiro atoms. The molecule has 1 aliphatic carbocycles. The SMILES string of the molecule is O=C(CCN1C[C@@H]2CC[C@H]1C2)NCCc1csc(-c2ccncc2)n1. The molecule has 0 radical (unpaired) electrons. The molecule has 2 atom stereocenters. The fraction of sp³-hybridized carbons (Fsp3) is 0.526. The number of carbonyl (C=O) groups is 1. The summed E-state index contributed by atoms with van der Waals surface area (Å²) < 4.78 is 0. The predicted molar refractivity (Wildman–Crippen MR) is 99.4 cm³/mol. The van der Waals surface area contributed by atoms with Crippen LogP contribution >= 0.6 is 11.3 Å². The zero-order valence-corrected chi connectivity index (χ0v) is 15.2. The van der Waals surface area contributed by atoms with Gasteiger partial charge in [0.2, 0.25) is 5.91 Å². The lowest BCUT2D eigenvalue weighted by atomic mass is 10.1. The summed E-state index contributed by atoms with van der Waals surface area (Å²) in [5.74, 6) is 1.06. The Labute approximate surface area is 152 Å². The lowest BCUT2D eigenvalue weighted by molar-refractivity contribution is -0.121. The summed E-state index contributed by atoms with van der Waals surface area (Å²) in [5.41, 5.74) is 2.13. The van der Waals surface area contributed by atoms with E-state index in [1.807, 2.05) is 12.1 Å². The minimum atomic E-state index is 0.160. The van der Waals surface area contributed by atoms with E-state index in [1.54, 1.807) is 23.7 Å².